The molecule has 2 aliphatic rings. The van der Waals surface area contributed by atoms with Gasteiger partial charge in [0.1, 0.15) is 17.9 Å². The smallest absolute Gasteiger partial charge is 0.257 e. The lowest BCUT2D eigenvalue weighted by atomic mass is 9.85. The summed E-state index contributed by atoms with van der Waals surface area (Å²) < 4.78 is 20.2. The van der Waals surface area contributed by atoms with E-state index in [0.29, 0.717) is 30.1 Å². The molecule has 1 aliphatic heterocycles. The maximum absolute atomic E-state index is 14.1. The van der Waals surface area contributed by atoms with E-state index < -0.39 is 5.82 Å². The number of nitrogens with one attached hydrogen (secondary N) is 1. The van der Waals surface area contributed by atoms with Crippen LogP contribution in [0.25, 0.3) is 0 Å². The summed E-state index contributed by atoms with van der Waals surface area (Å²) in [7, 11) is 0. The summed E-state index contributed by atoms with van der Waals surface area (Å²) in [6.45, 7) is 10.5. The van der Waals surface area contributed by atoms with E-state index in [1.54, 1.807) is 11.1 Å². The maximum Gasteiger partial charge on any atom is 0.257 e. The fourth-order valence-electron chi connectivity index (χ4n) is 5.65. The number of benzene rings is 1. The monoisotopic (exact) mass is 526 g/mol. The zero-order chi connectivity index (χ0) is 27.1. The van der Waals surface area contributed by atoms with Crippen LogP contribution in [-0.2, 0) is 0 Å². The number of piperidine rings is 1. The largest absolute Gasteiger partial charge is 0.451 e. The molecule has 0 radical (unpaired) electrons. The van der Waals surface area contributed by atoms with Gasteiger partial charge in [-0.05, 0) is 102 Å². The number of carbonyl (C=O) groups excluding carboxylic acids is 1. The molecule has 0 spiro atoms. The summed E-state index contributed by atoms with van der Waals surface area (Å²) in [6.07, 6.45) is 10.2. The Bertz CT molecular complexity index is 1050. The van der Waals surface area contributed by atoms with Crippen LogP contribution in [0.2, 0.25) is 0 Å². The first kappa shape index (κ1) is 28.2. The van der Waals surface area contributed by atoms with Gasteiger partial charge in [-0.25, -0.2) is 14.4 Å². The summed E-state index contributed by atoms with van der Waals surface area (Å²) in [5.74, 6) is 1.84. The van der Waals surface area contributed by atoms with E-state index in [1.165, 1.54) is 43.9 Å². The van der Waals surface area contributed by atoms with Crippen LogP contribution in [0.3, 0.4) is 0 Å². The minimum Gasteiger partial charge on any atom is -0.451 e. The highest BCUT2D eigenvalue weighted by Crippen LogP contribution is 2.32. The number of aromatic nitrogens is 2. The molecule has 0 bridgehead atoms. The van der Waals surface area contributed by atoms with Crippen molar-refractivity contribution < 1.29 is 13.9 Å². The molecule has 8 nitrogen and oxygen atoms in total. The topological polar surface area (TPSA) is 96.6 Å². The standard InChI is InChI=1S/C29H43FN6O2/c1-4-36(20(2)3)29(37)25-15-23(30)7-10-26(25)38-27-17-32-19-34-28(27)33-16-21-11-13-35(14-12-21)18-22-5-8-24(31)9-6-22/h7,10,15,17,19-22,24H,4-6,8-9,11-14,16,18,31H2,1-3H3,(H,32,33,34)/t22-,24-. The van der Waals surface area contributed by atoms with Crippen molar-refractivity contribution in [1.29, 1.82) is 0 Å². The van der Waals surface area contributed by atoms with E-state index in [2.05, 4.69) is 20.2 Å². The fraction of sp³-hybridized carbons (Fsp3) is 0.621. The Kier molecular flexibility index (Phi) is 9.91. The Morgan fingerprint density at radius 2 is 1.89 bits per heavy atom. The van der Waals surface area contributed by atoms with E-state index in [0.717, 1.165) is 51.2 Å². The number of halogens is 1. The molecule has 0 atom stereocenters. The summed E-state index contributed by atoms with van der Waals surface area (Å²) in [5, 5.41) is 3.44. The molecule has 0 unspecified atom stereocenters. The van der Waals surface area contributed by atoms with Gasteiger partial charge in [0, 0.05) is 31.7 Å². The van der Waals surface area contributed by atoms with Gasteiger partial charge in [-0.2, -0.15) is 0 Å². The number of hydrogen-bond donors (Lipinski definition) is 2. The van der Waals surface area contributed by atoms with Crippen molar-refractivity contribution in [3.8, 4) is 11.5 Å². The third-order valence-electron chi connectivity index (χ3n) is 7.97. The zero-order valence-electron chi connectivity index (χ0n) is 23.0. The van der Waals surface area contributed by atoms with Gasteiger partial charge < -0.3 is 25.6 Å². The van der Waals surface area contributed by atoms with Crippen LogP contribution >= 0.6 is 0 Å². The van der Waals surface area contributed by atoms with Crippen LogP contribution in [-0.4, -0.2) is 70.5 Å². The van der Waals surface area contributed by atoms with Crippen molar-refractivity contribution in [2.45, 2.75) is 71.4 Å². The van der Waals surface area contributed by atoms with Crippen molar-refractivity contribution in [2.75, 3.05) is 38.0 Å². The van der Waals surface area contributed by atoms with E-state index in [-0.39, 0.29) is 23.3 Å². The first-order valence-electron chi connectivity index (χ1n) is 14.1. The van der Waals surface area contributed by atoms with Crippen molar-refractivity contribution in [1.82, 2.24) is 19.8 Å². The average molecular weight is 527 g/mol. The molecule has 1 aliphatic carbocycles. The Labute approximate surface area is 226 Å². The molecule has 1 aromatic carbocycles. The van der Waals surface area contributed by atoms with Crippen LogP contribution in [0.1, 0.15) is 69.7 Å². The van der Waals surface area contributed by atoms with Crippen LogP contribution in [0, 0.1) is 17.7 Å². The number of nitrogens with two attached hydrogens (primary N) is 1. The Morgan fingerprint density at radius 1 is 1.16 bits per heavy atom. The molecule has 38 heavy (non-hydrogen) atoms. The molecular weight excluding hydrogens is 483 g/mol. The van der Waals surface area contributed by atoms with Gasteiger partial charge in [-0.1, -0.05) is 0 Å². The second-order valence-electron chi connectivity index (χ2n) is 11.1. The summed E-state index contributed by atoms with van der Waals surface area (Å²) in [5.41, 5.74) is 6.25. The highest BCUT2D eigenvalue weighted by Gasteiger charge is 2.26. The molecule has 9 heteroatoms. The minimum atomic E-state index is -0.485. The molecule has 1 amide bonds. The molecule has 208 valence electrons. The van der Waals surface area contributed by atoms with E-state index >= 15 is 0 Å². The molecular formula is C29H43FN6O2. The van der Waals surface area contributed by atoms with Crippen LogP contribution < -0.4 is 15.8 Å². The van der Waals surface area contributed by atoms with Gasteiger partial charge in [0.15, 0.2) is 11.6 Å². The lowest BCUT2D eigenvalue weighted by molar-refractivity contribution is 0.0713. The Morgan fingerprint density at radius 3 is 2.58 bits per heavy atom. The van der Waals surface area contributed by atoms with Crippen molar-refractivity contribution in [3.63, 3.8) is 0 Å². The lowest BCUT2D eigenvalue weighted by Crippen LogP contribution is -2.40. The molecule has 2 heterocycles. The van der Waals surface area contributed by atoms with E-state index in [9.17, 15) is 9.18 Å². The van der Waals surface area contributed by atoms with Gasteiger partial charge in [0.2, 0.25) is 0 Å². The zero-order valence-corrected chi connectivity index (χ0v) is 23.0. The maximum atomic E-state index is 14.1. The normalized spacial score (nSPS) is 20.9. The number of nitrogens with zero attached hydrogens (tertiary/aromatic N) is 4. The molecule has 2 fully saturated rings. The number of amides is 1. The van der Waals surface area contributed by atoms with Gasteiger partial charge >= 0.3 is 0 Å². The first-order valence-corrected chi connectivity index (χ1v) is 14.1. The number of carbonyl (C=O) groups is 1. The molecule has 4 rings (SSSR count). The Balaban J connectivity index is 1.35. The van der Waals surface area contributed by atoms with Gasteiger partial charge in [-0.15, -0.1) is 0 Å². The Hall–Kier alpha value is -2.78. The van der Waals surface area contributed by atoms with Gasteiger partial charge in [0.05, 0.1) is 11.8 Å². The number of likely N-dealkylation sites (tertiary alicyclic amines) is 1. The predicted octanol–water partition coefficient (Wildman–Crippen LogP) is 4.92. The summed E-state index contributed by atoms with van der Waals surface area (Å²) in [4.78, 5) is 26.0. The van der Waals surface area contributed by atoms with Crippen molar-refractivity contribution >= 4 is 11.7 Å². The first-order chi connectivity index (χ1) is 18.3. The molecule has 1 saturated carbocycles. The van der Waals surface area contributed by atoms with Gasteiger partial charge in [0.25, 0.3) is 5.91 Å². The summed E-state index contributed by atoms with van der Waals surface area (Å²) >= 11 is 0. The molecule has 1 saturated heterocycles. The summed E-state index contributed by atoms with van der Waals surface area (Å²) in [6, 6.07) is 4.40. The SMILES string of the molecule is CCN(C(=O)c1cc(F)ccc1Oc1cncnc1NCC1CCN(C[C@H]2CC[C@H](N)CC2)CC1)C(C)C. The number of rotatable bonds is 10. The van der Waals surface area contributed by atoms with Gasteiger partial charge in [-0.3, -0.25) is 4.79 Å². The van der Waals surface area contributed by atoms with E-state index in [1.807, 2.05) is 20.8 Å². The van der Waals surface area contributed by atoms with Crippen LogP contribution in [0.4, 0.5) is 10.2 Å². The second-order valence-corrected chi connectivity index (χ2v) is 11.1. The molecule has 1 aromatic heterocycles. The third-order valence-corrected chi connectivity index (χ3v) is 7.97. The second kappa shape index (κ2) is 13.3. The van der Waals surface area contributed by atoms with Crippen LogP contribution in [0.15, 0.2) is 30.7 Å². The highest BCUT2D eigenvalue weighted by molar-refractivity contribution is 5.97. The minimum absolute atomic E-state index is 0.0201. The fourth-order valence-corrected chi connectivity index (χ4v) is 5.65. The van der Waals surface area contributed by atoms with E-state index in [4.69, 9.17) is 10.5 Å². The molecule has 2 aromatic rings. The third kappa shape index (κ3) is 7.41. The number of hydrogen-bond acceptors (Lipinski definition) is 7. The lowest BCUT2D eigenvalue weighted by Gasteiger charge is -2.36. The number of ether oxygens (including phenoxy) is 1. The average Bonchev–Trinajstić information content (AvgIpc) is 2.91. The molecule has 3 N–H and O–H groups in total. The van der Waals surface area contributed by atoms with Crippen molar-refractivity contribution in [3.05, 3.63) is 42.1 Å². The predicted molar refractivity (Wildman–Crippen MR) is 148 cm³/mol. The van der Waals surface area contributed by atoms with Crippen LogP contribution in [0.5, 0.6) is 11.5 Å². The quantitative estimate of drug-likeness (QED) is 0.454. The van der Waals surface area contributed by atoms with Crippen molar-refractivity contribution in [2.24, 2.45) is 17.6 Å². The highest BCUT2D eigenvalue weighted by atomic mass is 19.1. The number of anilines is 1.